The molecule has 12 heavy (non-hydrogen) atoms. The van der Waals surface area contributed by atoms with Gasteiger partial charge in [0.1, 0.15) is 5.06 Å². The van der Waals surface area contributed by atoms with Crippen molar-refractivity contribution in [2.75, 3.05) is 0 Å². The standard InChI is InChI=1S/C9H10Cl2O/c1-9(11,12)6-7-2-4-8(10)5-3-7/h2-5,12H,6H2,1H3. The Hall–Kier alpha value is -0.240. The predicted molar refractivity (Wildman–Crippen MR) is 51.6 cm³/mol. The highest BCUT2D eigenvalue weighted by molar-refractivity contribution is 6.30. The molecule has 0 fully saturated rings. The zero-order valence-electron chi connectivity index (χ0n) is 6.72. The fraction of sp³-hybridized carbons (Fsp3) is 0.333. The van der Waals surface area contributed by atoms with Crippen LogP contribution in [0.15, 0.2) is 24.3 Å². The Balaban J connectivity index is 2.71. The average molecular weight is 205 g/mol. The van der Waals surface area contributed by atoms with Gasteiger partial charge < -0.3 is 5.11 Å². The minimum Gasteiger partial charge on any atom is -0.375 e. The van der Waals surface area contributed by atoms with Gasteiger partial charge in [-0.15, -0.1) is 0 Å². The molecule has 1 aromatic rings. The number of hydrogen-bond acceptors (Lipinski definition) is 1. The van der Waals surface area contributed by atoms with Crippen molar-refractivity contribution in [1.82, 2.24) is 0 Å². The Kier molecular flexibility index (Phi) is 2.99. The Morgan fingerprint density at radius 3 is 2.25 bits per heavy atom. The van der Waals surface area contributed by atoms with Gasteiger partial charge in [-0.05, 0) is 24.6 Å². The Labute approximate surface area is 81.9 Å². The summed E-state index contributed by atoms with van der Waals surface area (Å²) in [4.78, 5) is 0. The molecule has 1 rings (SSSR count). The molecule has 1 nitrogen and oxygen atoms in total. The molecule has 0 aromatic heterocycles. The van der Waals surface area contributed by atoms with Crippen LogP contribution in [-0.2, 0) is 6.42 Å². The van der Waals surface area contributed by atoms with E-state index in [4.69, 9.17) is 23.2 Å². The second kappa shape index (κ2) is 3.65. The maximum absolute atomic E-state index is 9.27. The summed E-state index contributed by atoms with van der Waals surface area (Å²) in [5.74, 6) is 0. The third-order valence-electron chi connectivity index (χ3n) is 1.44. The van der Waals surface area contributed by atoms with Gasteiger partial charge in [-0.1, -0.05) is 35.3 Å². The van der Waals surface area contributed by atoms with E-state index < -0.39 is 5.06 Å². The van der Waals surface area contributed by atoms with Crippen molar-refractivity contribution in [3.63, 3.8) is 0 Å². The van der Waals surface area contributed by atoms with E-state index >= 15 is 0 Å². The van der Waals surface area contributed by atoms with E-state index in [-0.39, 0.29) is 0 Å². The first-order valence-corrected chi connectivity index (χ1v) is 4.39. The molecule has 1 atom stereocenters. The van der Waals surface area contributed by atoms with Gasteiger partial charge in [0, 0.05) is 11.4 Å². The summed E-state index contributed by atoms with van der Waals surface area (Å²) >= 11 is 11.3. The Morgan fingerprint density at radius 2 is 1.83 bits per heavy atom. The molecule has 1 aromatic carbocycles. The van der Waals surface area contributed by atoms with E-state index in [2.05, 4.69) is 0 Å². The van der Waals surface area contributed by atoms with Gasteiger partial charge in [0.15, 0.2) is 0 Å². The smallest absolute Gasteiger partial charge is 0.139 e. The number of hydrogen-bond donors (Lipinski definition) is 1. The molecule has 0 saturated carbocycles. The highest BCUT2D eigenvalue weighted by atomic mass is 35.5. The van der Waals surface area contributed by atoms with Crippen LogP contribution in [0.3, 0.4) is 0 Å². The lowest BCUT2D eigenvalue weighted by molar-refractivity contribution is 0.150. The fourth-order valence-electron chi connectivity index (χ4n) is 0.975. The van der Waals surface area contributed by atoms with E-state index in [1.54, 1.807) is 19.1 Å². The van der Waals surface area contributed by atoms with E-state index in [1.807, 2.05) is 12.1 Å². The van der Waals surface area contributed by atoms with Gasteiger partial charge in [0.2, 0.25) is 0 Å². The minimum absolute atomic E-state index is 0.422. The first kappa shape index (κ1) is 9.85. The van der Waals surface area contributed by atoms with Crippen LogP contribution in [0, 0.1) is 0 Å². The lowest BCUT2D eigenvalue weighted by Gasteiger charge is -2.13. The first-order chi connectivity index (χ1) is 5.47. The topological polar surface area (TPSA) is 20.2 Å². The summed E-state index contributed by atoms with van der Waals surface area (Å²) in [5, 5.41) is 8.79. The highest BCUT2D eigenvalue weighted by Crippen LogP contribution is 2.18. The Bertz CT molecular complexity index is 248. The summed E-state index contributed by atoms with van der Waals surface area (Å²) < 4.78 is 0. The maximum atomic E-state index is 9.27. The van der Waals surface area contributed by atoms with Gasteiger partial charge in [0.25, 0.3) is 0 Å². The van der Waals surface area contributed by atoms with Crippen molar-refractivity contribution in [1.29, 1.82) is 0 Å². The van der Waals surface area contributed by atoms with Crippen molar-refractivity contribution in [3.8, 4) is 0 Å². The molecular formula is C9H10Cl2O. The number of rotatable bonds is 2. The summed E-state index contributed by atoms with van der Waals surface area (Å²) in [6.07, 6.45) is 0.422. The molecular weight excluding hydrogens is 195 g/mol. The number of halogens is 2. The van der Waals surface area contributed by atoms with E-state index in [0.29, 0.717) is 11.4 Å². The number of benzene rings is 1. The van der Waals surface area contributed by atoms with Gasteiger partial charge in [-0.3, -0.25) is 0 Å². The lowest BCUT2D eigenvalue weighted by atomic mass is 10.1. The average Bonchev–Trinajstić information content (AvgIpc) is 1.91. The number of alkyl halides is 1. The third kappa shape index (κ3) is 3.44. The van der Waals surface area contributed by atoms with Crippen molar-refractivity contribution in [2.24, 2.45) is 0 Å². The molecule has 0 bridgehead atoms. The molecule has 0 aliphatic carbocycles. The van der Waals surface area contributed by atoms with E-state index in [0.717, 1.165) is 5.56 Å². The molecule has 0 amide bonds. The zero-order valence-corrected chi connectivity index (χ0v) is 8.23. The van der Waals surface area contributed by atoms with Crippen molar-refractivity contribution < 1.29 is 5.11 Å². The molecule has 0 aliphatic heterocycles. The van der Waals surface area contributed by atoms with Crippen LogP contribution >= 0.6 is 23.2 Å². The fourth-order valence-corrected chi connectivity index (χ4v) is 1.26. The van der Waals surface area contributed by atoms with Crippen LogP contribution in [-0.4, -0.2) is 10.2 Å². The molecule has 3 heteroatoms. The summed E-state index contributed by atoms with van der Waals surface area (Å²) in [6, 6.07) is 7.25. The quantitative estimate of drug-likeness (QED) is 0.736. The molecule has 1 unspecified atom stereocenters. The van der Waals surface area contributed by atoms with Crippen LogP contribution in [0.2, 0.25) is 5.02 Å². The van der Waals surface area contributed by atoms with Crippen molar-refractivity contribution >= 4 is 23.2 Å². The molecule has 0 aliphatic rings. The zero-order chi connectivity index (χ0) is 9.19. The molecule has 0 saturated heterocycles. The second-order valence-corrected chi connectivity index (χ2v) is 4.20. The van der Waals surface area contributed by atoms with Crippen LogP contribution in [0.4, 0.5) is 0 Å². The van der Waals surface area contributed by atoms with Crippen LogP contribution < -0.4 is 0 Å². The largest absolute Gasteiger partial charge is 0.375 e. The SMILES string of the molecule is CC(O)(Cl)Cc1ccc(Cl)cc1. The number of aliphatic hydroxyl groups is 1. The Morgan fingerprint density at radius 1 is 1.33 bits per heavy atom. The molecule has 66 valence electrons. The maximum Gasteiger partial charge on any atom is 0.139 e. The lowest BCUT2D eigenvalue weighted by Crippen LogP contribution is -2.18. The predicted octanol–water partition coefficient (Wildman–Crippen LogP) is 2.83. The molecule has 0 radical (unpaired) electrons. The van der Waals surface area contributed by atoms with Gasteiger partial charge in [-0.25, -0.2) is 0 Å². The summed E-state index contributed by atoms with van der Waals surface area (Å²) in [7, 11) is 0. The van der Waals surface area contributed by atoms with Gasteiger partial charge in [0.05, 0.1) is 0 Å². The summed E-state index contributed by atoms with van der Waals surface area (Å²) in [5.41, 5.74) is 0.972. The second-order valence-electron chi connectivity index (χ2n) is 2.95. The monoisotopic (exact) mass is 204 g/mol. The highest BCUT2D eigenvalue weighted by Gasteiger charge is 2.15. The van der Waals surface area contributed by atoms with E-state index in [9.17, 15) is 5.11 Å². The van der Waals surface area contributed by atoms with Gasteiger partial charge in [-0.2, -0.15) is 0 Å². The van der Waals surface area contributed by atoms with Crippen molar-refractivity contribution in [3.05, 3.63) is 34.9 Å². The minimum atomic E-state index is -1.17. The van der Waals surface area contributed by atoms with Crippen LogP contribution in [0.5, 0.6) is 0 Å². The molecule has 0 heterocycles. The van der Waals surface area contributed by atoms with Crippen LogP contribution in [0.25, 0.3) is 0 Å². The first-order valence-electron chi connectivity index (χ1n) is 3.63. The third-order valence-corrected chi connectivity index (χ3v) is 1.83. The molecule has 1 N–H and O–H groups in total. The summed E-state index contributed by atoms with van der Waals surface area (Å²) in [6.45, 7) is 1.56. The van der Waals surface area contributed by atoms with Crippen molar-refractivity contribution in [2.45, 2.75) is 18.4 Å². The normalized spacial score (nSPS) is 15.7. The molecule has 0 spiro atoms. The van der Waals surface area contributed by atoms with Gasteiger partial charge >= 0.3 is 0 Å². The van der Waals surface area contributed by atoms with E-state index in [1.165, 1.54) is 0 Å². The van der Waals surface area contributed by atoms with Crippen LogP contribution in [0.1, 0.15) is 12.5 Å².